The maximum absolute atomic E-state index is 10.8. The third-order valence-electron chi connectivity index (χ3n) is 3.38. The molecule has 1 unspecified atom stereocenters. The van der Waals surface area contributed by atoms with Gasteiger partial charge in [-0.05, 0) is 32.9 Å². The Kier molecular flexibility index (Phi) is 6.02. The Morgan fingerprint density at radius 2 is 2.00 bits per heavy atom. The predicted molar refractivity (Wildman–Crippen MR) is 72.0 cm³/mol. The molecule has 0 bridgehead atoms. The summed E-state index contributed by atoms with van der Waals surface area (Å²) in [6, 6.07) is 0. The summed E-state index contributed by atoms with van der Waals surface area (Å²) in [6.45, 7) is 10.8. The van der Waals surface area contributed by atoms with E-state index in [2.05, 4.69) is 19.2 Å². The van der Waals surface area contributed by atoms with Crippen LogP contribution in [0.5, 0.6) is 0 Å². The van der Waals surface area contributed by atoms with Crippen LogP contribution in [0, 0.1) is 5.41 Å². The van der Waals surface area contributed by atoms with E-state index in [-0.39, 0.29) is 10.8 Å². The van der Waals surface area contributed by atoms with Crippen LogP contribution in [0.4, 0.5) is 0 Å². The predicted octanol–water partition coefficient (Wildman–Crippen LogP) is 2.95. The van der Waals surface area contributed by atoms with E-state index in [9.17, 15) is 5.11 Å². The van der Waals surface area contributed by atoms with Crippen molar-refractivity contribution in [3.63, 3.8) is 0 Å². The largest absolute Gasteiger partial charge is 0.385 e. The quantitative estimate of drug-likeness (QED) is 0.559. The first-order valence-electron chi connectivity index (χ1n) is 5.91. The SMILES string of the molecule is CC[C@](O)(/C(C)=C/C(C)Cl)C(C)(C)CNC. The summed E-state index contributed by atoms with van der Waals surface area (Å²) in [4.78, 5) is 0. The third-order valence-corrected chi connectivity index (χ3v) is 3.51. The number of aliphatic hydroxyl groups is 1. The standard InChI is InChI=1S/C13H26ClNO/c1-7-13(16,10(2)8-11(3)14)12(4,5)9-15-6/h8,11,15-16H,7,9H2,1-6H3/b10-8+/t11?,13-/m0/s1. The second-order valence-electron chi connectivity index (χ2n) is 5.16. The molecule has 0 rings (SSSR count). The van der Waals surface area contributed by atoms with E-state index in [1.165, 1.54) is 0 Å². The highest BCUT2D eigenvalue weighted by molar-refractivity contribution is 6.21. The van der Waals surface area contributed by atoms with Gasteiger partial charge in [-0.2, -0.15) is 0 Å². The fourth-order valence-electron chi connectivity index (χ4n) is 2.36. The van der Waals surface area contributed by atoms with Crippen LogP contribution >= 0.6 is 11.6 Å². The summed E-state index contributed by atoms with van der Waals surface area (Å²) in [7, 11) is 1.90. The molecule has 16 heavy (non-hydrogen) atoms. The Balaban J connectivity index is 5.18. The van der Waals surface area contributed by atoms with Crippen LogP contribution in [0.3, 0.4) is 0 Å². The highest BCUT2D eigenvalue weighted by Crippen LogP contribution is 2.39. The van der Waals surface area contributed by atoms with Crippen molar-refractivity contribution in [3.8, 4) is 0 Å². The highest BCUT2D eigenvalue weighted by atomic mass is 35.5. The van der Waals surface area contributed by atoms with Gasteiger partial charge >= 0.3 is 0 Å². The average Bonchev–Trinajstić information content (AvgIpc) is 2.14. The summed E-state index contributed by atoms with van der Waals surface area (Å²) in [5, 5.41) is 13.9. The van der Waals surface area contributed by atoms with Crippen molar-refractivity contribution in [1.82, 2.24) is 5.32 Å². The second kappa shape index (κ2) is 6.04. The van der Waals surface area contributed by atoms with E-state index in [0.29, 0.717) is 6.42 Å². The minimum Gasteiger partial charge on any atom is -0.385 e. The molecule has 0 spiro atoms. The molecule has 0 aromatic carbocycles. The summed E-state index contributed by atoms with van der Waals surface area (Å²) < 4.78 is 0. The van der Waals surface area contributed by atoms with Crippen LogP contribution in [0.2, 0.25) is 0 Å². The zero-order chi connectivity index (χ0) is 13.0. The lowest BCUT2D eigenvalue weighted by atomic mass is 9.69. The van der Waals surface area contributed by atoms with Crippen LogP contribution in [0.25, 0.3) is 0 Å². The molecule has 0 saturated carbocycles. The number of rotatable bonds is 6. The molecule has 0 aromatic heterocycles. The van der Waals surface area contributed by atoms with Crippen LogP contribution in [0.1, 0.15) is 41.0 Å². The molecule has 2 atom stereocenters. The minimum atomic E-state index is -0.806. The fraction of sp³-hybridized carbons (Fsp3) is 0.846. The third kappa shape index (κ3) is 3.47. The molecule has 0 aliphatic heterocycles. The molecule has 2 nitrogen and oxygen atoms in total. The molecular weight excluding hydrogens is 222 g/mol. The molecule has 96 valence electrons. The van der Waals surface area contributed by atoms with E-state index < -0.39 is 5.60 Å². The summed E-state index contributed by atoms with van der Waals surface area (Å²) in [5.74, 6) is 0. The van der Waals surface area contributed by atoms with E-state index in [1.54, 1.807) is 0 Å². The number of nitrogens with one attached hydrogen (secondary N) is 1. The highest BCUT2D eigenvalue weighted by Gasteiger charge is 2.42. The van der Waals surface area contributed by atoms with Crippen molar-refractivity contribution in [2.75, 3.05) is 13.6 Å². The molecule has 0 saturated heterocycles. The van der Waals surface area contributed by atoms with E-state index in [1.807, 2.05) is 33.9 Å². The van der Waals surface area contributed by atoms with Crippen LogP contribution in [0.15, 0.2) is 11.6 Å². The first-order valence-corrected chi connectivity index (χ1v) is 6.35. The number of alkyl halides is 1. The molecule has 2 N–H and O–H groups in total. The van der Waals surface area contributed by atoms with Crippen molar-refractivity contribution in [3.05, 3.63) is 11.6 Å². The Hall–Kier alpha value is -0.0500. The zero-order valence-corrected chi connectivity index (χ0v) is 12.2. The van der Waals surface area contributed by atoms with E-state index >= 15 is 0 Å². The van der Waals surface area contributed by atoms with Gasteiger partial charge in [0.1, 0.15) is 0 Å². The summed E-state index contributed by atoms with van der Waals surface area (Å²) in [6.07, 6.45) is 2.62. The molecular formula is C13H26ClNO. The first kappa shape index (κ1) is 16.0. The molecule has 0 fully saturated rings. The topological polar surface area (TPSA) is 32.3 Å². The lowest BCUT2D eigenvalue weighted by Gasteiger charge is -2.43. The van der Waals surface area contributed by atoms with Gasteiger partial charge in [0.05, 0.1) is 5.60 Å². The Labute approximate surface area is 105 Å². The van der Waals surface area contributed by atoms with E-state index in [0.717, 1.165) is 12.1 Å². The number of allylic oxidation sites excluding steroid dienone is 1. The molecule has 0 aliphatic rings. The molecule has 0 radical (unpaired) electrons. The molecule has 0 amide bonds. The van der Waals surface area contributed by atoms with Gasteiger partial charge in [0.2, 0.25) is 0 Å². The van der Waals surface area contributed by atoms with Gasteiger partial charge in [0.25, 0.3) is 0 Å². The summed E-state index contributed by atoms with van der Waals surface area (Å²) >= 11 is 5.96. The Morgan fingerprint density at radius 1 is 1.50 bits per heavy atom. The smallest absolute Gasteiger partial charge is 0.0914 e. The molecule has 3 heteroatoms. The molecule has 0 heterocycles. The van der Waals surface area contributed by atoms with Gasteiger partial charge in [0, 0.05) is 17.3 Å². The first-order chi connectivity index (χ1) is 7.21. The zero-order valence-electron chi connectivity index (χ0n) is 11.4. The normalized spacial score (nSPS) is 19.4. The fourth-order valence-corrected chi connectivity index (χ4v) is 2.55. The number of hydrogen-bond acceptors (Lipinski definition) is 2. The monoisotopic (exact) mass is 247 g/mol. The van der Waals surface area contributed by atoms with Crippen molar-refractivity contribution in [2.24, 2.45) is 5.41 Å². The molecule has 0 aromatic rings. The van der Waals surface area contributed by atoms with Crippen LogP contribution in [-0.2, 0) is 0 Å². The van der Waals surface area contributed by atoms with Gasteiger partial charge in [0.15, 0.2) is 0 Å². The van der Waals surface area contributed by atoms with Crippen LogP contribution < -0.4 is 5.32 Å². The minimum absolute atomic E-state index is 0.0524. The van der Waals surface area contributed by atoms with Crippen molar-refractivity contribution < 1.29 is 5.11 Å². The van der Waals surface area contributed by atoms with Gasteiger partial charge in [-0.15, -0.1) is 11.6 Å². The van der Waals surface area contributed by atoms with Crippen molar-refractivity contribution >= 4 is 11.6 Å². The van der Waals surface area contributed by atoms with Gasteiger partial charge in [-0.3, -0.25) is 0 Å². The van der Waals surface area contributed by atoms with Crippen molar-refractivity contribution in [2.45, 2.75) is 52.0 Å². The molecule has 0 aliphatic carbocycles. The summed E-state index contributed by atoms with van der Waals surface area (Å²) in [5.41, 5.74) is -0.0695. The van der Waals surface area contributed by atoms with Crippen molar-refractivity contribution in [1.29, 1.82) is 0 Å². The maximum atomic E-state index is 10.8. The van der Waals surface area contributed by atoms with Gasteiger partial charge in [-0.25, -0.2) is 0 Å². The number of halogens is 1. The average molecular weight is 248 g/mol. The van der Waals surface area contributed by atoms with Gasteiger partial charge < -0.3 is 10.4 Å². The Morgan fingerprint density at radius 3 is 2.31 bits per heavy atom. The van der Waals surface area contributed by atoms with E-state index in [4.69, 9.17) is 11.6 Å². The number of hydrogen-bond donors (Lipinski definition) is 2. The Bertz CT molecular complexity index is 248. The van der Waals surface area contributed by atoms with Gasteiger partial charge in [-0.1, -0.05) is 26.8 Å². The maximum Gasteiger partial charge on any atom is 0.0914 e. The lowest BCUT2D eigenvalue weighted by Crippen LogP contribution is -2.50. The second-order valence-corrected chi connectivity index (χ2v) is 5.84. The lowest BCUT2D eigenvalue weighted by molar-refractivity contribution is -0.0362. The van der Waals surface area contributed by atoms with Crippen LogP contribution in [-0.4, -0.2) is 29.7 Å².